The van der Waals surface area contributed by atoms with Crippen LogP contribution in [0.2, 0.25) is 0 Å². The molecule has 0 saturated carbocycles. The van der Waals surface area contributed by atoms with Crippen molar-refractivity contribution in [3.8, 4) is 0 Å². The smallest absolute Gasteiger partial charge is 0.257 e. The summed E-state index contributed by atoms with van der Waals surface area (Å²) < 4.78 is 5.46. The summed E-state index contributed by atoms with van der Waals surface area (Å²) in [6, 6.07) is 7.77. The van der Waals surface area contributed by atoms with Crippen molar-refractivity contribution in [3.63, 3.8) is 0 Å². The topological polar surface area (TPSA) is 59.5 Å². The molecule has 1 fully saturated rings. The predicted octanol–water partition coefficient (Wildman–Crippen LogP) is 2.63. The van der Waals surface area contributed by atoms with Gasteiger partial charge in [0.25, 0.3) is 5.91 Å². The first-order valence-electron chi connectivity index (χ1n) is 7.00. The zero-order valence-electron chi connectivity index (χ0n) is 11.9. The van der Waals surface area contributed by atoms with Crippen molar-refractivity contribution in [1.82, 2.24) is 4.90 Å². The number of hydrogen-bond acceptors (Lipinski definition) is 3. The number of carbonyl (C=O) groups excluding carboxylic acids is 1. The molecule has 106 valence electrons. The summed E-state index contributed by atoms with van der Waals surface area (Å²) >= 11 is 0. The number of benzene rings is 1. The average molecular weight is 272 g/mol. The first-order chi connectivity index (χ1) is 9.49. The Morgan fingerprint density at radius 2 is 2.15 bits per heavy atom. The maximum atomic E-state index is 12.7. The maximum absolute atomic E-state index is 12.7. The van der Waals surface area contributed by atoms with Gasteiger partial charge in [0, 0.05) is 24.5 Å². The van der Waals surface area contributed by atoms with E-state index in [9.17, 15) is 4.79 Å². The Balaban J connectivity index is 1.90. The van der Waals surface area contributed by atoms with E-state index < -0.39 is 0 Å². The largest absolute Gasteiger partial charge is 0.463 e. The lowest BCUT2D eigenvalue weighted by atomic mass is 9.79. The number of likely N-dealkylation sites (tertiary alicyclic amines) is 1. The Bertz CT molecular complexity index is 645. The van der Waals surface area contributed by atoms with Crippen LogP contribution >= 0.6 is 0 Å². The monoisotopic (exact) mass is 272 g/mol. The Morgan fingerprint density at radius 1 is 1.40 bits per heavy atom. The predicted molar refractivity (Wildman–Crippen MR) is 78.5 cm³/mol. The molecule has 1 amide bonds. The Labute approximate surface area is 118 Å². The molecule has 1 unspecified atom stereocenters. The molecule has 0 radical (unpaired) electrons. The SMILES string of the molecule is CC1(C)CN(C(=O)c2coc3ccccc23)CCC1N. The van der Waals surface area contributed by atoms with Gasteiger partial charge in [0.05, 0.1) is 5.56 Å². The number of nitrogens with zero attached hydrogens (tertiary/aromatic N) is 1. The van der Waals surface area contributed by atoms with Crippen LogP contribution in [0.25, 0.3) is 11.0 Å². The van der Waals surface area contributed by atoms with Crippen LogP contribution < -0.4 is 5.73 Å². The van der Waals surface area contributed by atoms with Crippen LogP contribution in [0.15, 0.2) is 34.9 Å². The molecule has 1 aliphatic rings. The summed E-state index contributed by atoms with van der Waals surface area (Å²) in [4.78, 5) is 14.6. The van der Waals surface area contributed by atoms with Crippen LogP contribution in [0, 0.1) is 5.41 Å². The van der Waals surface area contributed by atoms with E-state index in [1.54, 1.807) is 6.26 Å². The van der Waals surface area contributed by atoms with Gasteiger partial charge in [-0.05, 0) is 17.9 Å². The molecule has 2 aromatic rings. The third-order valence-corrected chi connectivity index (χ3v) is 4.31. The van der Waals surface area contributed by atoms with Crippen LogP contribution in [-0.4, -0.2) is 29.9 Å². The molecule has 20 heavy (non-hydrogen) atoms. The molecule has 0 spiro atoms. The van der Waals surface area contributed by atoms with Crippen molar-refractivity contribution in [3.05, 3.63) is 36.1 Å². The summed E-state index contributed by atoms with van der Waals surface area (Å²) in [6.07, 6.45) is 2.41. The fourth-order valence-electron chi connectivity index (χ4n) is 2.86. The second-order valence-corrected chi connectivity index (χ2v) is 6.26. The Kier molecular flexibility index (Phi) is 3.05. The first-order valence-corrected chi connectivity index (χ1v) is 7.00. The minimum Gasteiger partial charge on any atom is -0.463 e. The number of fused-ring (bicyclic) bond motifs is 1. The van der Waals surface area contributed by atoms with Crippen molar-refractivity contribution in [2.24, 2.45) is 11.1 Å². The number of carbonyl (C=O) groups is 1. The van der Waals surface area contributed by atoms with Crippen LogP contribution in [0.1, 0.15) is 30.6 Å². The van der Waals surface area contributed by atoms with Gasteiger partial charge < -0.3 is 15.1 Å². The molecule has 4 heteroatoms. The van der Waals surface area contributed by atoms with Crippen molar-refractivity contribution in [2.75, 3.05) is 13.1 Å². The molecule has 0 bridgehead atoms. The number of hydrogen-bond donors (Lipinski definition) is 1. The van der Waals surface area contributed by atoms with Crippen molar-refractivity contribution in [2.45, 2.75) is 26.3 Å². The average Bonchev–Trinajstić information content (AvgIpc) is 2.85. The van der Waals surface area contributed by atoms with Crippen LogP contribution in [0.3, 0.4) is 0 Å². The highest BCUT2D eigenvalue weighted by atomic mass is 16.3. The van der Waals surface area contributed by atoms with Gasteiger partial charge in [-0.1, -0.05) is 32.0 Å². The minimum absolute atomic E-state index is 0.0370. The van der Waals surface area contributed by atoms with E-state index in [1.807, 2.05) is 29.2 Å². The van der Waals surface area contributed by atoms with E-state index in [2.05, 4.69) is 13.8 Å². The van der Waals surface area contributed by atoms with Crippen LogP contribution in [-0.2, 0) is 0 Å². The lowest BCUT2D eigenvalue weighted by molar-refractivity contribution is 0.0534. The fraction of sp³-hybridized carbons (Fsp3) is 0.438. The van der Waals surface area contributed by atoms with Crippen molar-refractivity contribution < 1.29 is 9.21 Å². The second kappa shape index (κ2) is 4.63. The summed E-state index contributed by atoms with van der Waals surface area (Å²) in [5.74, 6) is 0.0370. The van der Waals surface area contributed by atoms with E-state index in [0.717, 1.165) is 17.4 Å². The number of furan rings is 1. The highest BCUT2D eigenvalue weighted by molar-refractivity contribution is 6.05. The molecule has 1 saturated heterocycles. The van der Waals surface area contributed by atoms with E-state index in [4.69, 9.17) is 10.2 Å². The zero-order chi connectivity index (χ0) is 14.3. The molecule has 1 aromatic heterocycles. The molecule has 1 aromatic carbocycles. The van der Waals surface area contributed by atoms with Crippen LogP contribution in [0.4, 0.5) is 0 Å². The van der Waals surface area contributed by atoms with Crippen LogP contribution in [0.5, 0.6) is 0 Å². The van der Waals surface area contributed by atoms with Gasteiger partial charge in [-0.3, -0.25) is 4.79 Å². The summed E-state index contributed by atoms with van der Waals surface area (Å²) in [6.45, 7) is 5.63. The number of amides is 1. The number of para-hydroxylation sites is 1. The van der Waals surface area contributed by atoms with Crippen molar-refractivity contribution >= 4 is 16.9 Å². The van der Waals surface area contributed by atoms with E-state index in [-0.39, 0.29) is 17.4 Å². The third-order valence-electron chi connectivity index (χ3n) is 4.31. The van der Waals surface area contributed by atoms with Gasteiger partial charge in [-0.25, -0.2) is 0 Å². The second-order valence-electron chi connectivity index (χ2n) is 6.26. The maximum Gasteiger partial charge on any atom is 0.257 e. The molecule has 0 aliphatic carbocycles. The van der Waals surface area contributed by atoms with Gasteiger partial charge >= 0.3 is 0 Å². The normalized spacial score (nSPS) is 22.1. The zero-order valence-corrected chi connectivity index (χ0v) is 11.9. The van der Waals surface area contributed by atoms with Gasteiger partial charge in [-0.15, -0.1) is 0 Å². The Hall–Kier alpha value is -1.81. The molecule has 2 heterocycles. The van der Waals surface area contributed by atoms with Gasteiger partial charge in [-0.2, -0.15) is 0 Å². The van der Waals surface area contributed by atoms with E-state index in [1.165, 1.54) is 0 Å². The first kappa shape index (κ1) is 13.2. The fourth-order valence-corrected chi connectivity index (χ4v) is 2.86. The lowest BCUT2D eigenvalue weighted by Crippen LogP contribution is -2.53. The summed E-state index contributed by atoms with van der Waals surface area (Å²) in [7, 11) is 0. The van der Waals surface area contributed by atoms with E-state index >= 15 is 0 Å². The molecule has 4 nitrogen and oxygen atoms in total. The number of piperidine rings is 1. The summed E-state index contributed by atoms with van der Waals surface area (Å²) in [5.41, 5.74) is 7.48. The van der Waals surface area contributed by atoms with Crippen molar-refractivity contribution in [1.29, 1.82) is 0 Å². The highest BCUT2D eigenvalue weighted by Gasteiger charge is 2.36. The number of nitrogens with two attached hydrogens (primary N) is 1. The molecular formula is C16H20N2O2. The number of rotatable bonds is 1. The minimum atomic E-state index is -0.0482. The highest BCUT2D eigenvalue weighted by Crippen LogP contribution is 2.30. The summed E-state index contributed by atoms with van der Waals surface area (Å²) in [5, 5.41) is 0.880. The van der Waals surface area contributed by atoms with Gasteiger partial charge in [0.1, 0.15) is 11.8 Å². The van der Waals surface area contributed by atoms with Gasteiger partial charge in [0.2, 0.25) is 0 Å². The molecule has 1 atom stereocenters. The molecule has 2 N–H and O–H groups in total. The Morgan fingerprint density at radius 3 is 2.90 bits per heavy atom. The quantitative estimate of drug-likeness (QED) is 0.868. The molecule has 3 rings (SSSR count). The molecule has 1 aliphatic heterocycles. The standard InChI is InChI=1S/C16H20N2O2/c1-16(2)10-18(8-7-14(16)17)15(19)12-9-20-13-6-4-3-5-11(12)13/h3-6,9,14H,7-8,10,17H2,1-2H3. The lowest BCUT2D eigenvalue weighted by Gasteiger charge is -2.42. The molecular weight excluding hydrogens is 252 g/mol. The third kappa shape index (κ3) is 2.10. The van der Waals surface area contributed by atoms with E-state index in [0.29, 0.717) is 18.7 Å². The van der Waals surface area contributed by atoms with Gasteiger partial charge in [0.15, 0.2) is 0 Å².